The summed E-state index contributed by atoms with van der Waals surface area (Å²) in [5.74, 6) is 0.672. The molecule has 1 fully saturated rings. The van der Waals surface area contributed by atoms with Crippen molar-refractivity contribution >= 4 is 28.3 Å². The highest BCUT2D eigenvalue weighted by Gasteiger charge is 2.48. The summed E-state index contributed by atoms with van der Waals surface area (Å²) in [6.07, 6.45) is 0. The van der Waals surface area contributed by atoms with Gasteiger partial charge in [0.15, 0.2) is 5.72 Å². The molecule has 1 atom stereocenters. The molecule has 1 rings (SSSR count). The molecule has 4 heteroatoms. The van der Waals surface area contributed by atoms with Gasteiger partial charge in [-0.05, 0) is 0 Å². The number of thioether (sulfide) groups is 1. The predicted octanol–water partition coefficient (Wildman–Crippen LogP) is 1.68. The van der Waals surface area contributed by atoms with Gasteiger partial charge < -0.3 is 10.0 Å². The third-order valence-corrected chi connectivity index (χ3v) is 4.12. The maximum absolute atomic E-state index is 10.3. The Morgan fingerprint density at radius 1 is 1.58 bits per heavy atom. The van der Waals surface area contributed by atoms with Crippen LogP contribution in [0.2, 0.25) is 0 Å². The fraction of sp³-hybridized carbons (Fsp3) is 0.875. The first kappa shape index (κ1) is 10.3. The van der Waals surface area contributed by atoms with E-state index >= 15 is 0 Å². The van der Waals surface area contributed by atoms with Crippen LogP contribution in [0.15, 0.2) is 0 Å². The number of hydrogen-bond acceptors (Lipinski definition) is 3. The van der Waals surface area contributed by atoms with E-state index in [1.165, 1.54) is 0 Å². The van der Waals surface area contributed by atoms with E-state index in [-0.39, 0.29) is 5.41 Å². The fourth-order valence-corrected chi connectivity index (χ4v) is 2.85. The highest BCUT2D eigenvalue weighted by molar-refractivity contribution is 8.23. The van der Waals surface area contributed by atoms with Gasteiger partial charge in [-0.2, -0.15) is 0 Å². The fourth-order valence-electron chi connectivity index (χ4n) is 1.23. The Morgan fingerprint density at radius 3 is 2.25 bits per heavy atom. The van der Waals surface area contributed by atoms with E-state index in [0.29, 0.717) is 5.75 Å². The maximum atomic E-state index is 10.3. The molecule has 0 aromatic heterocycles. The van der Waals surface area contributed by atoms with Crippen molar-refractivity contribution in [3.63, 3.8) is 0 Å². The van der Waals surface area contributed by atoms with Gasteiger partial charge in [-0.3, -0.25) is 0 Å². The smallest absolute Gasteiger partial charge is 0.153 e. The van der Waals surface area contributed by atoms with E-state index in [0.717, 1.165) is 4.32 Å². The molecule has 1 aliphatic heterocycles. The molecule has 1 unspecified atom stereocenters. The average molecular weight is 205 g/mol. The van der Waals surface area contributed by atoms with Crippen LogP contribution in [0.1, 0.15) is 20.8 Å². The summed E-state index contributed by atoms with van der Waals surface area (Å²) < 4.78 is 0.785. The monoisotopic (exact) mass is 205 g/mol. The summed E-state index contributed by atoms with van der Waals surface area (Å²) in [6.45, 7) is 6.08. The molecule has 0 aromatic carbocycles. The van der Waals surface area contributed by atoms with Crippen molar-refractivity contribution in [2.75, 3.05) is 12.8 Å². The van der Waals surface area contributed by atoms with E-state index < -0.39 is 5.72 Å². The highest BCUT2D eigenvalue weighted by Crippen LogP contribution is 2.41. The average Bonchev–Trinajstić information content (AvgIpc) is 2.16. The van der Waals surface area contributed by atoms with Gasteiger partial charge >= 0.3 is 0 Å². The minimum absolute atomic E-state index is 0.157. The van der Waals surface area contributed by atoms with Gasteiger partial charge in [0.1, 0.15) is 4.32 Å². The molecule has 1 aliphatic rings. The first-order valence-corrected chi connectivity index (χ1v) is 5.31. The lowest BCUT2D eigenvalue weighted by Gasteiger charge is -2.41. The summed E-state index contributed by atoms with van der Waals surface area (Å²) in [5, 5.41) is 10.3. The van der Waals surface area contributed by atoms with Crippen LogP contribution in [0, 0.1) is 5.41 Å². The van der Waals surface area contributed by atoms with Crippen LogP contribution in [0.4, 0.5) is 0 Å². The molecular formula is C8H15NOS2. The lowest BCUT2D eigenvalue weighted by atomic mass is 9.83. The second-order valence-electron chi connectivity index (χ2n) is 4.18. The Bertz CT molecular complexity index is 212. The van der Waals surface area contributed by atoms with Crippen molar-refractivity contribution in [3.05, 3.63) is 0 Å². The van der Waals surface area contributed by atoms with Gasteiger partial charge in [-0.1, -0.05) is 44.8 Å². The van der Waals surface area contributed by atoms with Crippen LogP contribution in [-0.2, 0) is 0 Å². The van der Waals surface area contributed by atoms with E-state index in [2.05, 4.69) is 0 Å². The zero-order valence-electron chi connectivity index (χ0n) is 7.92. The molecule has 12 heavy (non-hydrogen) atoms. The molecule has 1 N–H and O–H groups in total. The zero-order chi connectivity index (χ0) is 9.57. The van der Waals surface area contributed by atoms with Gasteiger partial charge in [0.05, 0.1) is 0 Å². The van der Waals surface area contributed by atoms with Crippen molar-refractivity contribution in [1.29, 1.82) is 0 Å². The molecule has 0 spiro atoms. The molecule has 2 nitrogen and oxygen atoms in total. The summed E-state index contributed by atoms with van der Waals surface area (Å²) in [6, 6.07) is 0. The minimum Gasteiger partial charge on any atom is -0.369 e. The van der Waals surface area contributed by atoms with Crippen LogP contribution in [0.25, 0.3) is 0 Å². The topological polar surface area (TPSA) is 23.5 Å². The molecule has 0 aromatic rings. The standard InChI is InChI=1S/C8H15NOS2/c1-7(2,3)8(10)5-12-6(11)9(8)4/h10H,5H2,1-4H3. The SMILES string of the molecule is CN1C(=S)SCC1(O)C(C)(C)C. The number of thiocarbonyl (C=S) groups is 1. The van der Waals surface area contributed by atoms with Crippen molar-refractivity contribution < 1.29 is 5.11 Å². The first-order valence-electron chi connectivity index (χ1n) is 3.92. The minimum atomic E-state index is -0.783. The van der Waals surface area contributed by atoms with Crippen molar-refractivity contribution in [2.45, 2.75) is 26.5 Å². The lowest BCUT2D eigenvalue weighted by molar-refractivity contribution is -0.113. The summed E-state index contributed by atoms with van der Waals surface area (Å²) in [5.41, 5.74) is -0.940. The Hall–Kier alpha value is 0.200. The highest BCUT2D eigenvalue weighted by atomic mass is 32.2. The molecule has 1 heterocycles. The molecule has 0 radical (unpaired) electrons. The normalized spacial score (nSPS) is 31.4. The third kappa shape index (κ3) is 1.36. The van der Waals surface area contributed by atoms with Crippen molar-refractivity contribution in [2.24, 2.45) is 5.41 Å². The zero-order valence-corrected chi connectivity index (χ0v) is 9.55. The van der Waals surface area contributed by atoms with Crippen LogP contribution >= 0.6 is 24.0 Å². The summed E-state index contributed by atoms with van der Waals surface area (Å²) in [7, 11) is 1.85. The number of hydrogen-bond donors (Lipinski definition) is 1. The van der Waals surface area contributed by atoms with Gasteiger partial charge in [0, 0.05) is 18.2 Å². The third-order valence-electron chi connectivity index (χ3n) is 2.43. The summed E-state index contributed by atoms with van der Waals surface area (Å²) in [4.78, 5) is 1.80. The van der Waals surface area contributed by atoms with Crippen LogP contribution < -0.4 is 0 Å². The number of aliphatic hydroxyl groups is 1. The van der Waals surface area contributed by atoms with E-state index in [9.17, 15) is 5.11 Å². The molecule has 0 aliphatic carbocycles. The van der Waals surface area contributed by atoms with Gasteiger partial charge in [-0.25, -0.2) is 0 Å². The van der Waals surface area contributed by atoms with E-state index in [4.69, 9.17) is 12.2 Å². The molecular weight excluding hydrogens is 190 g/mol. The Kier molecular flexibility index (Phi) is 2.45. The molecule has 0 saturated carbocycles. The number of rotatable bonds is 0. The second kappa shape index (κ2) is 2.86. The Balaban J connectivity index is 2.94. The van der Waals surface area contributed by atoms with Gasteiger partial charge in [-0.15, -0.1) is 0 Å². The molecule has 1 saturated heterocycles. The maximum Gasteiger partial charge on any atom is 0.153 e. The van der Waals surface area contributed by atoms with Crippen LogP contribution in [-0.4, -0.2) is 32.9 Å². The Labute approximate surface area is 83.3 Å². The van der Waals surface area contributed by atoms with Crippen LogP contribution in [0.3, 0.4) is 0 Å². The van der Waals surface area contributed by atoms with Gasteiger partial charge in [0.25, 0.3) is 0 Å². The first-order chi connectivity index (χ1) is 5.29. The van der Waals surface area contributed by atoms with Crippen molar-refractivity contribution in [3.8, 4) is 0 Å². The lowest BCUT2D eigenvalue weighted by Crippen LogP contribution is -2.54. The molecule has 70 valence electrons. The quantitative estimate of drug-likeness (QED) is 0.608. The second-order valence-corrected chi connectivity index (χ2v) is 5.79. The van der Waals surface area contributed by atoms with E-state index in [1.807, 2.05) is 27.8 Å². The molecule has 0 amide bonds. The van der Waals surface area contributed by atoms with E-state index in [1.54, 1.807) is 16.7 Å². The largest absolute Gasteiger partial charge is 0.369 e. The van der Waals surface area contributed by atoms with Crippen LogP contribution in [0.5, 0.6) is 0 Å². The summed E-state index contributed by atoms with van der Waals surface area (Å²) >= 11 is 6.63. The molecule has 0 bridgehead atoms. The van der Waals surface area contributed by atoms with Crippen molar-refractivity contribution in [1.82, 2.24) is 4.90 Å². The number of nitrogens with zero attached hydrogens (tertiary/aromatic N) is 1. The predicted molar refractivity (Wildman–Crippen MR) is 57.2 cm³/mol. The van der Waals surface area contributed by atoms with Gasteiger partial charge in [0.2, 0.25) is 0 Å². The Morgan fingerprint density at radius 2 is 2.08 bits per heavy atom.